The number of aliphatic carboxylic acids is 1. The summed E-state index contributed by atoms with van der Waals surface area (Å²) in [5.41, 5.74) is 0. The number of amides is 2. The topological polar surface area (TPSA) is 64.1 Å². The van der Waals surface area contributed by atoms with E-state index >= 15 is 0 Å². The molecule has 3 heterocycles. The van der Waals surface area contributed by atoms with Crippen molar-refractivity contribution in [3.8, 4) is 0 Å². The average molecular weight is 313 g/mol. The molecular formula is C14H23N3O3S. The molecule has 0 saturated carbocycles. The Balaban J connectivity index is 1.65. The van der Waals surface area contributed by atoms with Gasteiger partial charge in [0.15, 0.2) is 0 Å². The largest absolute Gasteiger partial charge is 0.480 e. The quantitative estimate of drug-likeness (QED) is 0.782. The van der Waals surface area contributed by atoms with Crippen molar-refractivity contribution >= 4 is 23.8 Å². The van der Waals surface area contributed by atoms with Gasteiger partial charge in [-0.05, 0) is 38.8 Å². The zero-order valence-electron chi connectivity index (χ0n) is 12.4. The van der Waals surface area contributed by atoms with E-state index in [-0.39, 0.29) is 6.03 Å². The number of urea groups is 1. The van der Waals surface area contributed by atoms with Crippen molar-refractivity contribution in [1.29, 1.82) is 0 Å². The van der Waals surface area contributed by atoms with Crippen molar-refractivity contribution in [3.05, 3.63) is 0 Å². The Hall–Kier alpha value is -0.950. The summed E-state index contributed by atoms with van der Waals surface area (Å²) in [6.07, 6.45) is 3.37. The summed E-state index contributed by atoms with van der Waals surface area (Å²) in [7, 11) is 2.17. The molecule has 6 nitrogen and oxygen atoms in total. The summed E-state index contributed by atoms with van der Waals surface area (Å²) in [6, 6.07) is -0.153. The van der Waals surface area contributed by atoms with E-state index in [1.807, 2.05) is 4.90 Å². The first-order chi connectivity index (χ1) is 10.1. The standard InChI is InChI=1S/C14H23N3O3S/c1-15-5-2-3-10-7-16(6-4-11(10)15)14(20)17-9-21-8-12(17)13(18)19/h10-12H,2-9H2,1H3,(H,18,19)/t10?,11?,12-/m0/s1. The van der Waals surface area contributed by atoms with Crippen LogP contribution in [0.25, 0.3) is 0 Å². The molecule has 118 valence electrons. The number of carboxylic acids is 1. The lowest BCUT2D eigenvalue weighted by Gasteiger charge is -2.46. The molecule has 0 radical (unpaired) electrons. The van der Waals surface area contributed by atoms with E-state index in [0.717, 1.165) is 26.1 Å². The van der Waals surface area contributed by atoms with Gasteiger partial charge in [0.1, 0.15) is 6.04 Å². The van der Waals surface area contributed by atoms with E-state index in [4.69, 9.17) is 0 Å². The first kappa shape index (κ1) is 15.0. The van der Waals surface area contributed by atoms with Gasteiger partial charge in [-0.25, -0.2) is 9.59 Å². The highest BCUT2D eigenvalue weighted by atomic mass is 32.2. The van der Waals surface area contributed by atoms with Crippen LogP contribution in [0.4, 0.5) is 4.79 Å². The number of carbonyl (C=O) groups is 2. The van der Waals surface area contributed by atoms with E-state index in [9.17, 15) is 14.7 Å². The van der Waals surface area contributed by atoms with Crippen LogP contribution in [0.2, 0.25) is 0 Å². The van der Waals surface area contributed by atoms with Crippen molar-refractivity contribution in [3.63, 3.8) is 0 Å². The van der Waals surface area contributed by atoms with Gasteiger partial charge in [-0.3, -0.25) is 0 Å². The van der Waals surface area contributed by atoms with Crippen LogP contribution in [0.3, 0.4) is 0 Å². The van der Waals surface area contributed by atoms with Crippen LogP contribution in [0, 0.1) is 5.92 Å². The smallest absolute Gasteiger partial charge is 0.327 e. The third kappa shape index (κ3) is 2.85. The zero-order valence-corrected chi connectivity index (χ0v) is 13.2. The highest BCUT2D eigenvalue weighted by molar-refractivity contribution is 7.99. The minimum atomic E-state index is -0.888. The molecule has 0 aromatic carbocycles. The molecule has 3 saturated heterocycles. The SMILES string of the molecule is CN1CCCC2CN(C(=O)N3CSC[C@H]3C(=O)O)CCC21. The number of hydrogen-bond acceptors (Lipinski definition) is 4. The zero-order chi connectivity index (χ0) is 15.0. The van der Waals surface area contributed by atoms with Crippen molar-refractivity contribution in [2.45, 2.75) is 31.3 Å². The van der Waals surface area contributed by atoms with E-state index in [1.54, 1.807) is 0 Å². The molecule has 2 unspecified atom stereocenters. The van der Waals surface area contributed by atoms with Crippen LogP contribution in [-0.2, 0) is 4.79 Å². The molecule has 2 amide bonds. The lowest BCUT2D eigenvalue weighted by Crippen LogP contribution is -2.57. The fourth-order valence-electron chi connectivity index (χ4n) is 3.84. The molecule has 0 bridgehead atoms. The van der Waals surface area contributed by atoms with Gasteiger partial charge in [0.25, 0.3) is 0 Å². The van der Waals surface area contributed by atoms with Crippen LogP contribution >= 0.6 is 11.8 Å². The first-order valence-electron chi connectivity index (χ1n) is 7.64. The number of fused-ring (bicyclic) bond motifs is 1. The Bertz CT molecular complexity index is 434. The van der Waals surface area contributed by atoms with E-state index in [2.05, 4.69) is 11.9 Å². The second kappa shape index (κ2) is 6.04. The number of rotatable bonds is 1. The summed E-state index contributed by atoms with van der Waals surface area (Å²) < 4.78 is 0. The highest BCUT2D eigenvalue weighted by Crippen LogP contribution is 2.31. The van der Waals surface area contributed by atoms with Gasteiger partial charge in [0.2, 0.25) is 0 Å². The average Bonchev–Trinajstić information content (AvgIpc) is 2.96. The molecule has 0 aromatic rings. The Morgan fingerprint density at radius 1 is 1.24 bits per heavy atom. The summed E-state index contributed by atoms with van der Waals surface area (Å²) in [4.78, 5) is 29.7. The van der Waals surface area contributed by atoms with Crippen molar-refractivity contribution in [1.82, 2.24) is 14.7 Å². The Kier molecular flexibility index (Phi) is 4.31. The maximum absolute atomic E-state index is 12.6. The minimum Gasteiger partial charge on any atom is -0.480 e. The van der Waals surface area contributed by atoms with Crippen LogP contribution < -0.4 is 0 Å². The van der Waals surface area contributed by atoms with E-state index < -0.39 is 12.0 Å². The summed E-state index contributed by atoms with van der Waals surface area (Å²) in [6.45, 7) is 2.68. The fourth-order valence-corrected chi connectivity index (χ4v) is 4.98. The van der Waals surface area contributed by atoms with Gasteiger partial charge >= 0.3 is 12.0 Å². The van der Waals surface area contributed by atoms with Crippen LogP contribution in [0.1, 0.15) is 19.3 Å². The van der Waals surface area contributed by atoms with Gasteiger partial charge in [0.05, 0.1) is 5.88 Å². The monoisotopic (exact) mass is 313 g/mol. The van der Waals surface area contributed by atoms with Gasteiger partial charge in [-0.1, -0.05) is 0 Å². The number of nitrogens with zero attached hydrogens (tertiary/aromatic N) is 3. The molecule has 3 fully saturated rings. The van der Waals surface area contributed by atoms with Gasteiger partial charge in [-0.15, -0.1) is 11.8 Å². The van der Waals surface area contributed by atoms with E-state index in [1.165, 1.54) is 29.5 Å². The highest BCUT2D eigenvalue weighted by Gasteiger charge is 2.41. The molecule has 3 atom stereocenters. The van der Waals surface area contributed by atoms with Gasteiger partial charge < -0.3 is 19.8 Å². The number of carboxylic acid groups (broad SMARTS) is 1. The Morgan fingerprint density at radius 3 is 2.81 bits per heavy atom. The molecule has 0 spiro atoms. The number of thioether (sulfide) groups is 1. The second-order valence-corrected chi connectivity index (χ2v) is 7.29. The normalized spacial score (nSPS) is 33.9. The molecule has 7 heteroatoms. The van der Waals surface area contributed by atoms with Crippen molar-refractivity contribution < 1.29 is 14.7 Å². The van der Waals surface area contributed by atoms with Crippen LogP contribution in [-0.4, -0.2) is 82.2 Å². The maximum Gasteiger partial charge on any atom is 0.327 e. The van der Waals surface area contributed by atoms with Gasteiger partial charge in [-0.2, -0.15) is 0 Å². The van der Waals surface area contributed by atoms with E-state index in [0.29, 0.717) is 23.6 Å². The maximum atomic E-state index is 12.6. The minimum absolute atomic E-state index is 0.0842. The molecule has 3 aliphatic heterocycles. The Labute approximate surface area is 129 Å². The van der Waals surface area contributed by atoms with Crippen molar-refractivity contribution in [2.24, 2.45) is 5.92 Å². The second-order valence-electron chi connectivity index (χ2n) is 6.29. The number of carbonyl (C=O) groups excluding carboxylic acids is 1. The summed E-state index contributed by atoms with van der Waals surface area (Å²) >= 11 is 1.52. The predicted molar refractivity (Wildman–Crippen MR) is 81.3 cm³/mol. The molecule has 3 aliphatic rings. The Morgan fingerprint density at radius 2 is 2.05 bits per heavy atom. The summed E-state index contributed by atoms with van der Waals surface area (Å²) in [5.74, 6) is 0.657. The fraction of sp³-hybridized carbons (Fsp3) is 0.857. The number of hydrogen-bond donors (Lipinski definition) is 1. The van der Waals surface area contributed by atoms with Crippen LogP contribution in [0.5, 0.6) is 0 Å². The number of piperidine rings is 2. The first-order valence-corrected chi connectivity index (χ1v) is 8.79. The molecule has 21 heavy (non-hydrogen) atoms. The lowest BCUT2D eigenvalue weighted by molar-refractivity contribution is -0.141. The number of likely N-dealkylation sites (tertiary alicyclic amines) is 2. The van der Waals surface area contributed by atoms with Gasteiger partial charge in [0, 0.05) is 24.9 Å². The third-order valence-corrected chi connectivity index (χ3v) is 6.04. The summed E-state index contributed by atoms with van der Waals surface area (Å²) in [5, 5.41) is 9.22. The molecular weight excluding hydrogens is 290 g/mol. The third-order valence-electron chi connectivity index (χ3n) is 5.03. The molecule has 0 aromatic heterocycles. The van der Waals surface area contributed by atoms with Crippen molar-refractivity contribution in [2.75, 3.05) is 38.3 Å². The van der Waals surface area contributed by atoms with Crippen LogP contribution in [0.15, 0.2) is 0 Å². The molecule has 0 aliphatic carbocycles. The molecule has 1 N–H and O–H groups in total. The lowest BCUT2D eigenvalue weighted by atomic mass is 9.84. The predicted octanol–water partition coefficient (Wildman–Crippen LogP) is 0.982. The molecule has 3 rings (SSSR count).